The number of carboxylic acids is 1. The molecule has 0 unspecified atom stereocenters. The van der Waals surface area contributed by atoms with Gasteiger partial charge >= 0.3 is 5.97 Å². The summed E-state index contributed by atoms with van der Waals surface area (Å²) < 4.78 is -0.874. The van der Waals surface area contributed by atoms with Crippen LogP contribution in [0.2, 0.25) is 0 Å². The molecule has 5 heteroatoms. The minimum atomic E-state index is -0.874. The molecule has 0 aliphatic heterocycles. The topological polar surface area (TPSA) is 63.1 Å². The van der Waals surface area contributed by atoms with Gasteiger partial charge in [-0.2, -0.15) is 0 Å². The maximum atomic E-state index is 10.9. The van der Waals surface area contributed by atoms with E-state index in [2.05, 4.69) is 9.97 Å². The number of carboxylic acid groups (broad SMARTS) is 1. The Morgan fingerprint density at radius 2 is 2.00 bits per heavy atom. The fourth-order valence-corrected chi connectivity index (χ4v) is 1.67. The molecular formula is C9H12N2O2S. The van der Waals surface area contributed by atoms with E-state index >= 15 is 0 Å². The zero-order valence-corrected chi connectivity index (χ0v) is 9.13. The van der Waals surface area contributed by atoms with Crippen LogP contribution in [0, 0.1) is 6.92 Å². The first-order valence-electron chi connectivity index (χ1n) is 4.13. The van der Waals surface area contributed by atoms with E-state index in [1.54, 1.807) is 26.2 Å². The minimum absolute atomic E-state index is 0.667. The van der Waals surface area contributed by atoms with Gasteiger partial charge in [0.25, 0.3) is 0 Å². The molecule has 4 nitrogen and oxygen atoms in total. The molecule has 0 fully saturated rings. The number of hydrogen-bond donors (Lipinski definition) is 1. The predicted octanol–water partition coefficient (Wildman–Crippen LogP) is 1.74. The Labute approximate surface area is 86.8 Å². The van der Waals surface area contributed by atoms with Crippen LogP contribution >= 0.6 is 11.8 Å². The summed E-state index contributed by atoms with van der Waals surface area (Å²) in [6.45, 7) is 5.11. The normalized spacial score (nSPS) is 11.4. The highest BCUT2D eigenvalue weighted by molar-refractivity contribution is 8.01. The fraction of sp³-hybridized carbons (Fsp3) is 0.444. The standard InChI is InChI=1S/C9H12N2O2S/c1-6-7(11-5-4-10-6)14-9(2,3)8(12)13/h4-5H,1-3H3,(H,12,13). The van der Waals surface area contributed by atoms with Crippen molar-refractivity contribution in [1.29, 1.82) is 0 Å². The van der Waals surface area contributed by atoms with Gasteiger partial charge in [0.05, 0.1) is 5.69 Å². The van der Waals surface area contributed by atoms with Crippen molar-refractivity contribution in [2.75, 3.05) is 0 Å². The second-order valence-corrected chi connectivity index (χ2v) is 4.98. The molecule has 1 rings (SSSR count). The van der Waals surface area contributed by atoms with Gasteiger partial charge in [0.15, 0.2) is 0 Å². The number of carbonyl (C=O) groups is 1. The Bertz CT molecular complexity index is 352. The van der Waals surface area contributed by atoms with Crippen molar-refractivity contribution in [1.82, 2.24) is 9.97 Å². The molecule has 1 heterocycles. The highest BCUT2D eigenvalue weighted by Crippen LogP contribution is 2.32. The van der Waals surface area contributed by atoms with Crippen molar-refractivity contribution in [3.8, 4) is 0 Å². The van der Waals surface area contributed by atoms with Gasteiger partial charge < -0.3 is 5.11 Å². The molecule has 0 amide bonds. The largest absolute Gasteiger partial charge is 0.480 e. The highest BCUT2D eigenvalue weighted by atomic mass is 32.2. The van der Waals surface area contributed by atoms with E-state index in [9.17, 15) is 4.79 Å². The van der Waals surface area contributed by atoms with Gasteiger partial charge in [-0.3, -0.25) is 9.78 Å². The summed E-state index contributed by atoms with van der Waals surface area (Å²) in [7, 11) is 0. The quantitative estimate of drug-likeness (QED) is 0.773. The third kappa shape index (κ3) is 2.45. The number of aryl methyl sites for hydroxylation is 1. The van der Waals surface area contributed by atoms with Crippen LogP contribution in [0.15, 0.2) is 17.4 Å². The van der Waals surface area contributed by atoms with Crippen molar-refractivity contribution in [3.05, 3.63) is 18.1 Å². The average molecular weight is 212 g/mol. The Balaban J connectivity index is 2.89. The second-order valence-electron chi connectivity index (χ2n) is 3.36. The number of hydrogen-bond acceptors (Lipinski definition) is 4. The van der Waals surface area contributed by atoms with Crippen LogP contribution in [0.5, 0.6) is 0 Å². The molecule has 1 aromatic rings. The van der Waals surface area contributed by atoms with Gasteiger partial charge in [-0.25, -0.2) is 4.98 Å². The van der Waals surface area contributed by atoms with Gasteiger partial charge in [-0.1, -0.05) is 11.8 Å². The van der Waals surface area contributed by atoms with E-state index in [1.807, 2.05) is 6.92 Å². The van der Waals surface area contributed by atoms with Crippen molar-refractivity contribution < 1.29 is 9.90 Å². The lowest BCUT2D eigenvalue weighted by molar-refractivity contribution is -0.138. The summed E-state index contributed by atoms with van der Waals surface area (Å²) in [5, 5.41) is 9.59. The lowest BCUT2D eigenvalue weighted by Crippen LogP contribution is -2.27. The lowest BCUT2D eigenvalue weighted by atomic mass is 10.2. The Morgan fingerprint density at radius 1 is 1.43 bits per heavy atom. The monoisotopic (exact) mass is 212 g/mol. The molecule has 0 spiro atoms. The van der Waals surface area contributed by atoms with E-state index in [4.69, 9.17) is 5.11 Å². The average Bonchev–Trinajstić information content (AvgIpc) is 2.08. The molecule has 0 saturated carbocycles. The second kappa shape index (κ2) is 3.96. The van der Waals surface area contributed by atoms with E-state index in [0.717, 1.165) is 5.69 Å². The van der Waals surface area contributed by atoms with Crippen LogP contribution in [0.25, 0.3) is 0 Å². The third-order valence-electron chi connectivity index (χ3n) is 1.70. The molecule has 0 aliphatic rings. The third-order valence-corrected chi connectivity index (χ3v) is 2.98. The summed E-state index contributed by atoms with van der Waals surface area (Å²) in [5.41, 5.74) is 0.756. The molecule has 1 N–H and O–H groups in total. The van der Waals surface area contributed by atoms with Crippen LogP contribution in [0.1, 0.15) is 19.5 Å². The van der Waals surface area contributed by atoms with Crippen LogP contribution in [-0.4, -0.2) is 25.8 Å². The predicted molar refractivity (Wildman–Crippen MR) is 54.3 cm³/mol. The Morgan fingerprint density at radius 3 is 2.50 bits per heavy atom. The van der Waals surface area contributed by atoms with E-state index < -0.39 is 10.7 Å². The van der Waals surface area contributed by atoms with Gasteiger partial charge in [-0.05, 0) is 20.8 Å². The van der Waals surface area contributed by atoms with Crippen molar-refractivity contribution in [2.24, 2.45) is 0 Å². The van der Waals surface area contributed by atoms with Gasteiger partial charge in [-0.15, -0.1) is 0 Å². The summed E-state index contributed by atoms with van der Waals surface area (Å²) in [4.78, 5) is 19.0. The number of aromatic nitrogens is 2. The maximum Gasteiger partial charge on any atom is 0.319 e. The fourth-order valence-electron chi connectivity index (χ4n) is 0.780. The molecule has 0 radical (unpaired) electrons. The molecule has 0 saturated heterocycles. The summed E-state index contributed by atoms with van der Waals surface area (Å²) in [6.07, 6.45) is 3.15. The van der Waals surface area contributed by atoms with Crippen molar-refractivity contribution in [3.63, 3.8) is 0 Å². The van der Waals surface area contributed by atoms with E-state index in [-0.39, 0.29) is 0 Å². The maximum absolute atomic E-state index is 10.9. The first-order chi connectivity index (χ1) is 6.43. The molecule has 1 aromatic heterocycles. The zero-order chi connectivity index (χ0) is 10.8. The molecule has 0 bridgehead atoms. The zero-order valence-electron chi connectivity index (χ0n) is 8.31. The number of rotatable bonds is 3. The summed E-state index contributed by atoms with van der Waals surface area (Å²) in [6, 6.07) is 0. The molecule has 0 atom stereocenters. The van der Waals surface area contributed by atoms with Crippen LogP contribution < -0.4 is 0 Å². The van der Waals surface area contributed by atoms with Crippen LogP contribution in [-0.2, 0) is 4.79 Å². The van der Waals surface area contributed by atoms with E-state index in [1.165, 1.54) is 11.8 Å². The summed E-state index contributed by atoms with van der Waals surface area (Å²) >= 11 is 1.21. The molecule has 76 valence electrons. The SMILES string of the molecule is Cc1nccnc1SC(C)(C)C(=O)O. The Kier molecular flexibility index (Phi) is 3.10. The molecule has 0 aliphatic carbocycles. The first kappa shape index (κ1) is 11.0. The van der Waals surface area contributed by atoms with Gasteiger partial charge in [0, 0.05) is 12.4 Å². The van der Waals surface area contributed by atoms with Crippen molar-refractivity contribution in [2.45, 2.75) is 30.5 Å². The molecule has 0 aromatic carbocycles. The van der Waals surface area contributed by atoms with Gasteiger partial charge in [0.1, 0.15) is 9.77 Å². The smallest absolute Gasteiger partial charge is 0.319 e. The van der Waals surface area contributed by atoms with Crippen LogP contribution in [0.3, 0.4) is 0 Å². The number of nitrogens with zero attached hydrogens (tertiary/aromatic N) is 2. The minimum Gasteiger partial charge on any atom is -0.480 e. The lowest BCUT2D eigenvalue weighted by Gasteiger charge is -2.17. The Hall–Kier alpha value is -1.10. The van der Waals surface area contributed by atoms with Crippen LogP contribution in [0.4, 0.5) is 0 Å². The number of thioether (sulfide) groups is 1. The molecular weight excluding hydrogens is 200 g/mol. The van der Waals surface area contributed by atoms with E-state index in [0.29, 0.717) is 5.03 Å². The first-order valence-corrected chi connectivity index (χ1v) is 4.95. The summed E-state index contributed by atoms with van der Waals surface area (Å²) in [5.74, 6) is -0.854. The number of aliphatic carboxylic acids is 1. The van der Waals surface area contributed by atoms with Gasteiger partial charge in [0.2, 0.25) is 0 Å². The highest BCUT2D eigenvalue weighted by Gasteiger charge is 2.29. The molecule has 14 heavy (non-hydrogen) atoms. The van der Waals surface area contributed by atoms with Crippen molar-refractivity contribution >= 4 is 17.7 Å².